The minimum atomic E-state index is -0.131. The van der Waals surface area contributed by atoms with Gasteiger partial charge in [0.05, 0.1) is 5.69 Å². The Morgan fingerprint density at radius 1 is 1.00 bits per heavy atom. The molecule has 0 radical (unpaired) electrons. The van der Waals surface area contributed by atoms with E-state index in [0.29, 0.717) is 5.90 Å². The number of rotatable bonds is 2. The maximum absolute atomic E-state index is 5.88. The average Bonchev–Trinajstić information content (AvgIpc) is 2.47. The van der Waals surface area contributed by atoms with Crippen molar-refractivity contribution in [3.05, 3.63) is 78.4 Å². The van der Waals surface area contributed by atoms with Gasteiger partial charge in [-0.05, 0) is 24.3 Å². The van der Waals surface area contributed by atoms with Crippen molar-refractivity contribution in [1.82, 2.24) is 0 Å². The maximum Gasteiger partial charge on any atom is 0.222 e. The van der Waals surface area contributed by atoms with E-state index >= 15 is 0 Å². The molecule has 3 rings (SSSR count). The lowest BCUT2D eigenvalue weighted by Gasteiger charge is -2.23. The summed E-state index contributed by atoms with van der Waals surface area (Å²) in [5.41, 5.74) is 3.00. The molecule has 0 N–H and O–H groups in total. The highest BCUT2D eigenvalue weighted by Gasteiger charge is 2.21. The van der Waals surface area contributed by atoms with Crippen molar-refractivity contribution >= 4 is 11.6 Å². The van der Waals surface area contributed by atoms with E-state index in [9.17, 15) is 0 Å². The largest absolute Gasteiger partial charge is 0.465 e. The monoisotopic (exact) mass is 235 g/mol. The predicted molar refractivity (Wildman–Crippen MR) is 73.1 cm³/mol. The van der Waals surface area contributed by atoms with Crippen molar-refractivity contribution in [2.24, 2.45) is 4.99 Å². The number of benzene rings is 2. The molecule has 18 heavy (non-hydrogen) atoms. The molecule has 2 nitrogen and oxygen atoms in total. The molecule has 1 aliphatic rings. The van der Waals surface area contributed by atoms with Gasteiger partial charge in [0.1, 0.15) is 6.10 Å². The molecule has 2 aromatic carbocycles. The fraction of sp³-hybridized carbons (Fsp3) is 0.0625. The van der Waals surface area contributed by atoms with E-state index in [2.05, 4.69) is 11.6 Å². The molecule has 2 aromatic rings. The second-order valence-electron chi connectivity index (χ2n) is 4.12. The Balaban J connectivity index is 2.10. The van der Waals surface area contributed by atoms with Gasteiger partial charge in [-0.2, -0.15) is 0 Å². The van der Waals surface area contributed by atoms with Crippen molar-refractivity contribution < 1.29 is 4.74 Å². The SMILES string of the molecule is C=C[C@H]1OC(c2ccccc2)=Nc2ccccc21. The van der Waals surface area contributed by atoms with Crippen LogP contribution in [0.1, 0.15) is 17.2 Å². The first-order valence-corrected chi connectivity index (χ1v) is 5.91. The smallest absolute Gasteiger partial charge is 0.222 e. The highest BCUT2D eigenvalue weighted by Crippen LogP contribution is 2.34. The third-order valence-corrected chi connectivity index (χ3v) is 2.94. The molecule has 0 bridgehead atoms. The van der Waals surface area contributed by atoms with Gasteiger partial charge in [0.2, 0.25) is 5.90 Å². The standard InChI is InChI=1S/C16H13NO/c1-2-15-13-10-6-7-11-14(13)17-16(18-15)12-8-4-3-5-9-12/h2-11,15H,1H2/t15-/m1/s1. The van der Waals surface area contributed by atoms with Gasteiger partial charge in [0.15, 0.2) is 0 Å². The Kier molecular flexibility index (Phi) is 2.69. The number of para-hydroxylation sites is 1. The molecular weight excluding hydrogens is 222 g/mol. The Labute approximate surface area is 106 Å². The van der Waals surface area contributed by atoms with E-state index in [1.54, 1.807) is 6.08 Å². The van der Waals surface area contributed by atoms with Crippen LogP contribution >= 0.6 is 0 Å². The third kappa shape index (κ3) is 1.82. The quantitative estimate of drug-likeness (QED) is 0.720. The number of nitrogens with zero attached hydrogens (tertiary/aromatic N) is 1. The lowest BCUT2D eigenvalue weighted by atomic mass is 10.1. The number of hydrogen-bond donors (Lipinski definition) is 0. The van der Waals surface area contributed by atoms with E-state index in [0.717, 1.165) is 16.8 Å². The van der Waals surface area contributed by atoms with Gasteiger partial charge in [0.25, 0.3) is 0 Å². The van der Waals surface area contributed by atoms with Gasteiger partial charge in [-0.3, -0.25) is 0 Å². The fourth-order valence-corrected chi connectivity index (χ4v) is 2.04. The molecule has 1 atom stereocenters. The number of hydrogen-bond acceptors (Lipinski definition) is 2. The van der Waals surface area contributed by atoms with E-state index in [1.165, 1.54) is 0 Å². The molecule has 2 heteroatoms. The van der Waals surface area contributed by atoms with Gasteiger partial charge < -0.3 is 4.74 Å². The zero-order chi connectivity index (χ0) is 12.4. The lowest BCUT2D eigenvalue weighted by molar-refractivity contribution is 0.238. The molecule has 0 fully saturated rings. The van der Waals surface area contributed by atoms with E-state index in [-0.39, 0.29) is 6.10 Å². The molecule has 0 aromatic heterocycles. The van der Waals surface area contributed by atoms with E-state index in [4.69, 9.17) is 4.74 Å². The molecule has 0 unspecified atom stereocenters. The summed E-state index contributed by atoms with van der Waals surface area (Å²) < 4.78 is 5.88. The van der Waals surface area contributed by atoms with Crippen LogP contribution in [-0.4, -0.2) is 5.90 Å². The number of aliphatic imine (C=N–C) groups is 1. The number of ether oxygens (including phenoxy) is 1. The molecule has 0 amide bonds. The molecule has 0 saturated carbocycles. The van der Waals surface area contributed by atoms with Crippen LogP contribution in [0.2, 0.25) is 0 Å². The topological polar surface area (TPSA) is 21.6 Å². The molecular formula is C16H13NO. The van der Waals surface area contributed by atoms with Crippen molar-refractivity contribution in [1.29, 1.82) is 0 Å². The third-order valence-electron chi connectivity index (χ3n) is 2.94. The molecule has 1 aliphatic heterocycles. The molecule has 88 valence electrons. The summed E-state index contributed by atoms with van der Waals surface area (Å²) in [4.78, 5) is 4.56. The van der Waals surface area contributed by atoms with E-state index < -0.39 is 0 Å². The Morgan fingerprint density at radius 3 is 2.50 bits per heavy atom. The second kappa shape index (κ2) is 4.49. The fourth-order valence-electron chi connectivity index (χ4n) is 2.04. The highest BCUT2D eigenvalue weighted by molar-refractivity contribution is 5.97. The minimum absolute atomic E-state index is 0.131. The summed E-state index contributed by atoms with van der Waals surface area (Å²) in [5.74, 6) is 0.652. The zero-order valence-electron chi connectivity index (χ0n) is 9.91. The van der Waals surface area contributed by atoms with Crippen molar-refractivity contribution in [3.63, 3.8) is 0 Å². The normalized spacial score (nSPS) is 17.3. The Morgan fingerprint density at radius 2 is 1.72 bits per heavy atom. The van der Waals surface area contributed by atoms with Crippen LogP contribution in [0.15, 0.2) is 72.2 Å². The van der Waals surface area contributed by atoms with E-state index in [1.807, 2.05) is 54.6 Å². The highest BCUT2D eigenvalue weighted by atomic mass is 16.5. The predicted octanol–water partition coefficient (Wildman–Crippen LogP) is 4.02. The molecule has 0 saturated heterocycles. The second-order valence-corrected chi connectivity index (χ2v) is 4.12. The molecule has 0 spiro atoms. The number of fused-ring (bicyclic) bond motifs is 1. The van der Waals surface area contributed by atoms with Gasteiger partial charge >= 0.3 is 0 Å². The average molecular weight is 235 g/mol. The summed E-state index contributed by atoms with van der Waals surface area (Å²) in [6.07, 6.45) is 1.67. The van der Waals surface area contributed by atoms with Crippen molar-refractivity contribution in [2.75, 3.05) is 0 Å². The maximum atomic E-state index is 5.88. The van der Waals surface area contributed by atoms with Crippen LogP contribution in [-0.2, 0) is 4.74 Å². The van der Waals surface area contributed by atoms with Gasteiger partial charge in [-0.1, -0.05) is 43.0 Å². The van der Waals surface area contributed by atoms with Crippen LogP contribution in [0, 0.1) is 0 Å². The summed E-state index contributed by atoms with van der Waals surface area (Å²) in [6.45, 7) is 3.83. The summed E-state index contributed by atoms with van der Waals surface area (Å²) in [6, 6.07) is 17.9. The van der Waals surface area contributed by atoms with Gasteiger partial charge in [-0.15, -0.1) is 0 Å². The Bertz CT molecular complexity index is 602. The van der Waals surface area contributed by atoms with Gasteiger partial charge in [0, 0.05) is 11.1 Å². The summed E-state index contributed by atoms with van der Waals surface area (Å²) >= 11 is 0. The summed E-state index contributed by atoms with van der Waals surface area (Å²) in [5, 5.41) is 0. The van der Waals surface area contributed by atoms with Crippen LogP contribution in [0.4, 0.5) is 5.69 Å². The molecule has 0 aliphatic carbocycles. The van der Waals surface area contributed by atoms with Crippen LogP contribution in [0.5, 0.6) is 0 Å². The zero-order valence-corrected chi connectivity index (χ0v) is 9.91. The van der Waals surface area contributed by atoms with Crippen LogP contribution in [0.25, 0.3) is 0 Å². The minimum Gasteiger partial charge on any atom is -0.465 e. The first-order chi connectivity index (χ1) is 8.88. The van der Waals surface area contributed by atoms with Crippen LogP contribution < -0.4 is 0 Å². The van der Waals surface area contributed by atoms with Crippen molar-refractivity contribution in [3.8, 4) is 0 Å². The first-order valence-electron chi connectivity index (χ1n) is 5.91. The van der Waals surface area contributed by atoms with Gasteiger partial charge in [-0.25, -0.2) is 4.99 Å². The van der Waals surface area contributed by atoms with Crippen LogP contribution in [0.3, 0.4) is 0 Å². The Hall–Kier alpha value is -2.35. The molecule has 1 heterocycles. The lowest BCUT2D eigenvalue weighted by Crippen LogP contribution is -2.15. The summed E-state index contributed by atoms with van der Waals surface area (Å²) in [7, 11) is 0. The van der Waals surface area contributed by atoms with Crippen molar-refractivity contribution in [2.45, 2.75) is 6.10 Å². The first kappa shape index (κ1) is 10.8.